The van der Waals surface area contributed by atoms with Crippen LogP contribution in [0.1, 0.15) is 11.1 Å². The lowest BCUT2D eigenvalue weighted by Gasteiger charge is -1.94. The largest absolute Gasteiger partial charge is 0.274 e. The zero-order valence-electron chi connectivity index (χ0n) is 17.5. The van der Waals surface area contributed by atoms with Gasteiger partial charge in [-0.15, -0.1) is 0 Å². The van der Waals surface area contributed by atoms with E-state index in [-0.39, 0.29) is 11.1 Å². The van der Waals surface area contributed by atoms with Crippen LogP contribution in [-0.2, 0) is 0 Å². The number of hydrogen-bond acceptors (Lipinski definition) is 6. The van der Waals surface area contributed by atoms with Gasteiger partial charge in [0.15, 0.2) is 9.92 Å². The van der Waals surface area contributed by atoms with Crippen molar-refractivity contribution >= 4 is 66.8 Å². The summed E-state index contributed by atoms with van der Waals surface area (Å²) in [6, 6.07) is 23.1. The monoisotopic (exact) mass is 478 g/mol. The van der Waals surface area contributed by atoms with Gasteiger partial charge in [0.25, 0.3) is 11.1 Å². The van der Waals surface area contributed by atoms with E-state index in [1.807, 2.05) is 84.9 Å². The van der Waals surface area contributed by atoms with E-state index in [9.17, 15) is 9.59 Å². The Morgan fingerprint density at radius 1 is 0.588 bits per heavy atom. The number of hydrogen-bond donors (Lipinski definition) is 0. The molecule has 0 fully saturated rings. The molecule has 0 radical (unpaired) electrons. The third-order valence-corrected chi connectivity index (χ3v) is 7.76. The third kappa shape index (κ3) is 2.86. The van der Waals surface area contributed by atoms with E-state index in [1.54, 1.807) is 8.80 Å². The quantitative estimate of drug-likeness (QED) is 0.383. The number of aromatic nitrogens is 4. The Morgan fingerprint density at radius 3 is 1.44 bits per heavy atom. The average molecular weight is 479 g/mol. The lowest BCUT2D eigenvalue weighted by atomic mass is 10.1. The number of rotatable bonds is 2. The predicted octanol–water partition coefficient (Wildman–Crippen LogP) is 3.23. The van der Waals surface area contributed by atoms with Gasteiger partial charge in [-0.2, -0.15) is 0 Å². The van der Waals surface area contributed by atoms with Gasteiger partial charge in [-0.1, -0.05) is 71.2 Å². The van der Waals surface area contributed by atoms with Crippen LogP contribution in [0.25, 0.3) is 44.1 Å². The molecule has 0 saturated carbocycles. The van der Waals surface area contributed by atoms with Gasteiger partial charge in [0.1, 0.15) is 0 Å². The highest BCUT2D eigenvalue weighted by atomic mass is 32.1. The molecule has 0 amide bonds. The fourth-order valence-electron chi connectivity index (χ4n) is 4.22. The minimum atomic E-state index is -0.0607. The molecule has 6 nitrogen and oxygen atoms in total. The average Bonchev–Trinajstić information content (AvgIpc) is 3.56. The third-order valence-electron chi connectivity index (χ3n) is 5.82. The summed E-state index contributed by atoms with van der Waals surface area (Å²) >= 11 is 2.77. The number of para-hydroxylation sites is 4. The van der Waals surface area contributed by atoms with Gasteiger partial charge in [-0.3, -0.25) is 9.59 Å². The molecular weight excluding hydrogens is 464 g/mol. The second-order valence-corrected chi connectivity index (χ2v) is 9.95. The van der Waals surface area contributed by atoms with Crippen molar-refractivity contribution in [2.24, 2.45) is 0 Å². The van der Waals surface area contributed by atoms with Crippen LogP contribution in [-0.4, -0.2) is 18.8 Å². The molecule has 0 bridgehead atoms. The number of benzene rings is 3. The van der Waals surface area contributed by atoms with E-state index in [2.05, 4.69) is 9.97 Å². The first kappa shape index (κ1) is 19.3. The van der Waals surface area contributed by atoms with Crippen LogP contribution in [0.2, 0.25) is 0 Å². The Bertz CT molecular complexity index is 1960. The highest BCUT2D eigenvalue weighted by molar-refractivity contribution is 7.15. The molecule has 0 unspecified atom stereocenters. The van der Waals surface area contributed by atoms with Crippen molar-refractivity contribution in [1.29, 1.82) is 0 Å². The number of nitrogens with zero attached hydrogens (tertiary/aromatic N) is 4. The van der Waals surface area contributed by atoms with Gasteiger partial charge in [0.2, 0.25) is 0 Å². The smallest absolute Gasteiger partial charge is 0.267 e. The second-order valence-electron chi connectivity index (χ2n) is 7.94. The Kier molecular flexibility index (Phi) is 4.08. The molecule has 0 aliphatic carbocycles. The van der Waals surface area contributed by atoms with Crippen LogP contribution in [0.3, 0.4) is 0 Å². The zero-order valence-corrected chi connectivity index (χ0v) is 19.1. The molecule has 0 aliphatic heterocycles. The Balaban J connectivity index is 1.29. The normalized spacial score (nSPS) is 13.3. The summed E-state index contributed by atoms with van der Waals surface area (Å²) < 4.78 is 4.61. The maximum Gasteiger partial charge on any atom is 0.274 e. The van der Waals surface area contributed by atoms with E-state index < -0.39 is 0 Å². The molecule has 7 rings (SSSR count). The molecular formula is C26H14N4O2S2. The van der Waals surface area contributed by atoms with Gasteiger partial charge in [-0.05, 0) is 47.5 Å². The maximum atomic E-state index is 13.0. The molecule has 34 heavy (non-hydrogen) atoms. The minimum Gasteiger partial charge on any atom is -0.267 e. The van der Waals surface area contributed by atoms with Gasteiger partial charge in [0, 0.05) is 0 Å². The van der Waals surface area contributed by atoms with E-state index in [4.69, 9.17) is 0 Å². The Morgan fingerprint density at radius 2 is 1.00 bits per heavy atom. The van der Waals surface area contributed by atoms with Crippen molar-refractivity contribution in [3.63, 3.8) is 0 Å². The molecule has 4 heterocycles. The summed E-state index contributed by atoms with van der Waals surface area (Å²) in [6.07, 6.45) is 3.76. The highest BCUT2D eigenvalue weighted by Crippen LogP contribution is 2.17. The van der Waals surface area contributed by atoms with Crippen LogP contribution >= 0.6 is 22.7 Å². The predicted molar refractivity (Wildman–Crippen MR) is 138 cm³/mol. The van der Waals surface area contributed by atoms with Crippen molar-refractivity contribution < 1.29 is 0 Å². The van der Waals surface area contributed by atoms with E-state index in [0.717, 1.165) is 33.2 Å². The molecule has 0 saturated heterocycles. The van der Waals surface area contributed by atoms with Crippen molar-refractivity contribution in [3.8, 4) is 0 Å². The molecule has 7 aromatic rings. The topological polar surface area (TPSA) is 68.7 Å². The first-order chi connectivity index (χ1) is 16.7. The summed E-state index contributed by atoms with van der Waals surface area (Å²) in [7, 11) is 0. The van der Waals surface area contributed by atoms with Crippen LogP contribution in [0, 0.1) is 0 Å². The van der Waals surface area contributed by atoms with Crippen molar-refractivity contribution in [2.45, 2.75) is 0 Å². The van der Waals surface area contributed by atoms with Crippen molar-refractivity contribution in [1.82, 2.24) is 18.8 Å². The molecule has 162 valence electrons. The van der Waals surface area contributed by atoms with Crippen LogP contribution < -0.4 is 20.2 Å². The lowest BCUT2D eigenvalue weighted by molar-refractivity contribution is 1.19. The molecule has 8 heteroatoms. The fourth-order valence-corrected chi connectivity index (χ4v) is 6.19. The number of fused-ring (bicyclic) bond motifs is 6. The highest BCUT2D eigenvalue weighted by Gasteiger charge is 2.11. The minimum absolute atomic E-state index is 0.0607. The summed E-state index contributed by atoms with van der Waals surface area (Å²) in [5.74, 6) is 0. The SMILES string of the molecule is O=c1/c(=C\c2ccc(/C=c3/sc4nc5ccccc5n4c3=O)cc2)sc2nc3ccccc3n12. The molecule has 0 N–H and O–H groups in total. The van der Waals surface area contributed by atoms with Gasteiger partial charge >= 0.3 is 0 Å². The maximum absolute atomic E-state index is 13.0. The summed E-state index contributed by atoms with van der Waals surface area (Å²) in [5.41, 5.74) is 5.01. The first-order valence-electron chi connectivity index (χ1n) is 10.6. The second kappa shape index (κ2) is 7.18. The van der Waals surface area contributed by atoms with Crippen molar-refractivity contribution in [3.05, 3.63) is 114 Å². The van der Waals surface area contributed by atoms with E-state index >= 15 is 0 Å². The van der Waals surface area contributed by atoms with Crippen molar-refractivity contribution in [2.75, 3.05) is 0 Å². The van der Waals surface area contributed by atoms with Gasteiger partial charge in [0.05, 0.1) is 31.1 Å². The van der Waals surface area contributed by atoms with Gasteiger partial charge in [-0.25, -0.2) is 18.8 Å². The number of imidazole rings is 2. The summed E-state index contributed by atoms with van der Waals surface area (Å²) in [5, 5.41) is 0. The van der Waals surface area contributed by atoms with Gasteiger partial charge < -0.3 is 0 Å². The van der Waals surface area contributed by atoms with Crippen LogP contribution in [0.4, 0.5) is 0 Å². The van der Waals surface area contributed by atoms with E-state index in [0.29, 0.717) is 19.0 Å². The molecule has 0 spiro atoms. The standard InChI is InChI=1S/C26H14N4O2S2/c31-23-21(33-25-27-17-5-1-3-7-19(17)29(23)25)13-15-9-11-16(12-10-15)14-22-24(32)30-20-8-4-2-6-18(20)28-26(30)34-22/h1-14H/b21-13+,22-14+. The first-order valence-corrected chi connectivity index (χ1v) is 12.2. The molecule has 0 aliphatic rings. The van der Waals surface area contributed by atoms with Crippen LogP contribution in [0.5, 0.6) is 0 Å². The molecule has 4 aromatic heterocycles. The molecule has 3 aromatic carbocycles. The summed E-state index contributed by atoms with van der Waals surface area (Å²) in [6.45, 7) is 0. The Hall–Kier alpha value is -4.14. The van der Waals surface area contributed by atoms with Crippen LogP contribution in [0.15, 0.2) is 82.4 Å². The fraction of sp³-hybridized carbons (Fsp3) is 0. The lowest BCUT2D eigenvalue weighted by Crippen LogP contribution is -2.22. The molecule has 0 atom stereocenters. The summed E-state index contributed by atoms with van der Waals surface area (Å²) in [4.78, 5) is 36.4. The Labute approximate surface area is 199 Å². The van der Waals surface area contributed by atoms with E-state index in [1.165, 1.54) is 22.7 Å². The zero-order chi connectivity index (χ0) is 22.8. The number of thiazole rings is 2.